The molecule has 3 heterocycles. The van der Waals surface area contributed by atoms with Crippen molar-refractivity contribution < 1.29 is 27.0 Å². The standard InChI is InChI=1S/C23H22ClF4N5O2S/c1-12-34-10-23(28,11-35-12)7-17-18(13(8-29)9-31-22(26)27)19(15-3-2-14(25)6-16(15)24)33-20(32-17)21-30-4-5-36-21/h2-6,8-9,12,19,22,29,31H,7,10-11H2,1H3,(H,32,33)/b13-9+,29-8?/t12-,19-,23+/m0/s1. The van der Waals surface area contributed by atoms with Crippen molar-refractivity contribution in [3.8, 4) is 0 Å². The summed E-state index contributed by atoms with van der Waals surface area (Å²) in [6.45, 7) is -1.79. The summed E-state index contributed by atoms with van der Waals surface area (Å²) < 4.78 is 66.4. The van der Waals surface area contributed by atoms with Crippen molar-refractivity contribution >= 4 is 35.0 Å². The molecule has 0 spiro atoms. The zero-order chi connectivity index (χ0) is 25.9. The Morgan fingerprint density at radius 2 is 2.14 bits per heavy atom. The Bertz CT molecular complexity index is 1200. The van der Waals surface area contributed by atoms with E-state index in [0.717, 1.165) is 18.5 Å². The number of benzene rings is 1. The van der Waals surface area contributed by atoms with E-state index in [4.69, 9.17) is 26.5 Å². The Morgan fingerprint density at radius 3 is 2.75 bits per heavy atom. The highest BCUT2D eigenvalue weighted by Gasteiger charge is 2.40. The summed E-state index contributed by atoms with van der Waals surface area (Å²) in [4.78, 5) is 8.94. The van der Waals surface area contributed by atoms with Gasteiger partial charge in [0.25, 0.3) is 0 Å². The molecule has 0 bridgehead atoms. The van der Waals surface area contributed by atoms with Gasteiger partial charge in [0.1, 0.15) is 11.9 Å². The number of halogens is 5. The van der Waals surface area contributed by atoms with Gasteiger partial charge >= 0.3 is 6.55 Å². The second-order valence-corrected chi connectivity index (χ2v) is 9.43. The zero-order valence-electron chi connectivity index (χ0n) is 18.9. The number of alkyl halides is 3. The van der Waals surface area contributed by atoms with Crippen LogP contribution < -0.4 is 10.6 Å². The van der Waals surface area contributed by atoms with Crippen LogP contribution >= 0.6 is 22.9 Å². The summed E-state index contributed by atoms with van der Waals surface area (Å²) in [7, 11) is 0. The molecule has 0 amide bonds. The lowest BCUT2D eigenvalue weighted by atomic mass is 9.87. The molecule has 2 aromatic rings. The highest BCUT2D eigenvalue weighted by molar-refractivity contribution is 7.11. The van der Waals surface area contributed by atoms with Gasteiger partial charge in [-0.25, -0.2) is 13.8 Å². The van der Waals surface area contributed by atoms with Crippen molar-refractivity contribution in [1.82, 2.24) is 15.6 Å². The molecule has 7 nitrogen and oxygen atoms in total. The highest BCUT2D eigenvalue weighted by Crippen LogP contribution is 2.41. The van der Waals surface area contributed by atoms with Crippen molar-refractivity contribution in [3.05, 3.63) is 74.2 Å². The van der Waals surface area contributed by atoms with E-state index in [1.54, 1.807) is 18.5 Å². The summed E-state index contributed by atoms with van der Waals surface area (Å²) in [5, 5.41) is 15.1. The topological polar surface area (TPSA) is 91.6 Å². The van der Waals surface area contributed by atoms with Crippen LogP contribution in [0.15, 0.2) is 57.8 Å². The quantitative estimate of drug-likeness (QED) is 0.244. The van der Waals surface area contributed by atoms with E-state index in [0.29, 0.717) is 10.6 Å². The average Bonchev–Trinajstić information content (AvgIpc) is 3.37. The molecule has 3 N–H and O–H groups in total. The molecule has 4 rings (SSSR count). The predicted octanol–water partition coefficient (Wildman–Crippen LogP) is 5.12. The van der Waals surface area contributed by atoms with Crippen LogP contribution in [0, 0.1) is 11.2 Å². The zero-order valence-corrected chi connectivity index (χ0v) is 20.5. The molecule has 0 aliphatic carbocycles. The number of nitrogens with one attached hydrogen (secondary N) is 3. The minimum Gasteiger partial charge on any atom is -0.350 e. The van der Waals surface area contributed by atoms with Crippen molar-refractivity contribution in [2.75, 3.05) is 13.2 Å². The average molecular weight is 544 g/mol. The maximum absolute atomic E-state index is 15.9. The van der Waals surface area contributed by atoms with Crippen LogP contribution in [0.4, 0.5) is 17.6 Å². The van der Waals surface area contributed by atoms with Crippen LogP contribution in [0.25, 0.3) is 0 Å². The van der Waals surface area contributed by atoms with Gasteiger partial charge in [0.15, 0.2) is 22.8 Å². The molecule has 1 saturated heterocycles. The number of nitrogens with zero attached hydrogens (tertiary/aromatic N) is 2. The van der Waals surface area contributed by atoms with E-state index >= 15 is 4.39 Å². The fraction of sp³-hybridized carbons (Fsp3) is 0.348. The van der Waals surface area contributed by atoms with E-state index in [-0.39, 0.29) is 47.3 Å². The van der Waals surface area contributed by atoms with Crippen molar-refractivity contribution in [1.29, 1.82) is 5.41 Å². The van der Waals surface area contributed by atoms with E-state index < -0.39 is 30.4 Å². The first-order chi connectivity index (χ1) is 17.2. The van der Waals surface area contributed by atoms with Gasteiger partial charge in [-0.05, 0) is 24.6 Å². The predicted molar refractivity (Wildman–Crippen MR) is 129 cm³/mol. The molecule has 1 aromatic heterocycles. The molecule has 192 valence electrons. The minimum atomic E-state index is -2.91. The molecule has 2 aliphatic rings. The fourth-order valence-corrected chi connectivity index (χ4v) is 4.72. The molecule has 1 atom stereocenters. The number of hydrogen-bond acceptors (Lipinski definition) is 8. The number of aliphatic imine (C=N–C) groups is 1. The number of aromatic nitrogens is 1. The third-order valence-corrected chi connectivity index (χ3v) is 6.60. The fourth-order valence-electron chi connectivity index (χ4n) is 3.86. The van der Waals surface area contributed by atoms with Gasteiger partial charge in [-0.2, -0.15) is 8.78 Å². The Kier molecular flexibility index (Phi) is 8.08. The third-order valence-electron chi connectivity index (χ3n) is 5.50. The van der Waals surface area contributed by atoms with Gasteiger partial charge in [-0.15, -0.1) is 11.3 Å². The summed E-state index contributed by atoms with van der Waals surface area (Å²) in [5.74, 6) is -0.294. The third kappa shape index (κ3) is 5.94. The monoisotopic (exact) mass is 543 g/mol. The van der Waals surface area contributed by atoms with Gasteiger partial charge in [0, 0.05) is 52.3 Å². The Labute approximate surface area is 213 Å². The number of thiazole rings is 1. The molecule has 2 aliphatic heterocycles. The first kappa shape index (κ1) is 26.3. The SMILES string of the molecule is C[C@H]1OC[C@](F)(CC2=C(/C(C=N)=C/NC(F)F)[C@H](c3ccc(F)cc3Cl)N=C(c3nccs3)N2)CO1. The molecular weight excluding hydrogens is 522 g/mol. The first-order valence-corrected chi connectivity index (χ1v) is 12.0. The molecule has 0 unspecified atom stereocenters. The Hall–Kier alpha value is -2.80. The number of ether oxygens (including phenoxy) is 2. The maximum atomic E-state index is 15.9. The highest BCUT2D eigenvalue weighted by atomic mass is 35.5. The van der Waals surface area contributed by atoms with Gasteiger partial charge in [0.05, 0.1) is 13.2 Å². The number of hydrogen-bond donors (Lipinski definition) is 3. The smallest absolute Gasteiger partial charge is 0.312 e. The van der Waals surface area contributed by atoms with Crippen LogP contribution in [0.1, 0.15) is 30.0 Å². The summed E-state index contributed by atoms with van der Waals surface area (Å²) in [5.41, 5.74) is -1.17. The molecular formula is C23H22ClF4N5O2S. The summed E-state index contributed by atoms with van der Waals surface area (Å²) in [6.07, 6.45) is 2.51. The molecule has 0 radical (unpaired) electrons. The van der Waals surface area contributed by atoms with Crippen LogP contribution in [0.3, 0.4) is 0 Å². The normalized spacial score (nSPS) is 25.0. The lowest BCUT2D eigenvalue weighted by Gasteiger charge is -2.36. The van der Waals surface area contributed by atoms with Crippen LogP contribution in [-0.2, 0) is 9.47 Å². The van der Waals surface area contributed by atoms with E-state index in [9.17, 15) is 13.2 Å². The molecule has 1 fully saturated rings. The van der Waals surface area contributed by atoms with Crippen LogP contribution in [0.5, 0.6) is 0 Å². The van der Waals surface area contributed by atoms with Gasteiger partial charge in [0.2, 0.25) is 0 Å². The minimum absolute atomic E-state index is 0.000236. The summed E-state index contributed by atoms with van der Waals surface area (Å²) >= 11 is 7.64. The van der Waals surface area contributed by atoms with Gasteiger partial charge in [-0.1, -0.05) is 17.7 Å². The van der Waals surface area contributed by atoms with Gasteiger partial charge in [-0.3, -0.25) is 4.99 Å². The van der Waals surface area contributed by atoms with Crippen LogP contribution in [0.2, 0.25) is 5.02 Å². The number of rotatable bonds is 8. The number of amidine groups is 1. The molecule has 13 heteroatoms. The Morgan fingerprint density at radius 1 is 1.39 bits per heavy atom. The van der Waals surface area contributed by atoms with E-state index in [1.807, 2.05) is 5.32 Å². The van der Waals surface area contributed by atoms with E-state index in [1.165, 1.54) is 23.5 Å². The Balaban J connectivity index is 1.89. The lowest BCUT2D eigenvalue weighted by molar-refractivity contribution is -0.224. The van der Waals surface area contributed by atoms with Crippen molar-refractivity contribution in [2.24, 2.45) is 4.99 Å². The van der Waals surface area contributed by atoms with Crippen LogP contribution in [-0.4, -0.2) is 48.8 Å². The lowest BCUT2D eigenvalue weighted by Crippen LogP contribution is -2.45. The summed E-state index contributed by atoms with van der Waals surface area (Å²) in [6, 6.07) is 2.70. The molecule has 0 saturated carbocycles. The second kappa shape index (κ2) is 11.1. The number of allylic oxidation sites excluding steroid dienone is 1. The second-order valence-electron chi connectivity index (χ2n) is 8.13. The maximum Gasteiger partial charge on any atom is 0.312 e. The van der Waals surface area contributed by atoms with E-state index in [2.05, 4.69) is 15.3 Å². The largest absolute Gasteiger partial charge is 0.350 e. The molecule has 1 aromatic carbocycles. The van der Waals surface area contributed by atoms with Gasteiger partial charge < -0.3 is 25.5 Å². The van der Waals surface area contributed by atoms with Crippen molar-refractivity contribution in [2.45, 2.75) is 37.9 Å². The first-order valence-electron chi connectivity index (χ1n) is 10.8. The van der Waals surface area contributed by atoms with Crippen molar-refractivity contribution in [3.63, 3.8) is 0 Å². The molecule has 36 heavy (non-hydrogen) atoms.